The van der Waals surface area contributed by atoms with Gasteiger partial charge in [-0.2, -0.15) is 0 Å². The number of fused-ring (bicyclic) bond motifs is 1. The van der Waals surface area contributed by atoms with Crippen LogP contribution in [-0.2, 0) is 9.47 Å². The van der Waals surface area contributed by atoms with Gasteiger partial charge in [-0.05, 0) is 26.3 Å². The highest BCUT2D eigenvalue weighted by atomic mass is 32.1. The van der Waals surface area contributed by atoms with Crippen LogP contribution in [0.4, 0.5) is 0 Å². The Morgan fingerprint density at radius 1 is 1.48 bits per heavy atom. The summed E-state index contributed by atoms with van der Waals surface area (Å²) in [6, 6.07) is -0.129. The van der Waals surface area contributed by atoms with Crippen LogP contribution in [0.5, 0.6) is 0 Å². The monoisotopic (exact) mass is 339 g/mol. The minimum atomic E-state index is -0.416. The third kappa shape index (κ3) is 3.77. The molecule has 2 rings (SSSR count). The van der Waals surface area contributed by atoms with Gasteiger partial charge in [0.1, 0.15) is 15.5 Å². The number of hydrogen-bond acceptors (Lipinski definition) is 7. The molecule has 0 aliphatic heterocycles. The third-order valence-corrected chi connectivity index (χ3v) is 4.61. The Hall–Kier alpha value is -1.77. The van der Waals surface area contributed by atoms with Crippen LogP contribution in [0.15, 0.2) is 4.79 Å². The molecule has 1 atom stereocenters. The van der Waals surface area contributed by atoms with Gasteiger partial charge < -0.3 is 19.8 Å². The number of hydrogen-bond donors (Lipinski definition) is 2. The van der Waals surface area contributed by atoms with Crippen molar-refractivity contribution >= 4 is 27.5 Å². The number of thiophene rings is 1. The number of carbonyl (C=O) groups excluding carboxylic acids is 1. The molecule has 0 aliphatic rings. The smallest absolute Gasteiger partial charge is 0.348 e. The Morgan fingerprint density at radius 2 is 2.22 bits per heavy atom. The van der Waals surface area contributed by atoms with Gasteiger partial charge in [-0.1, -0.05) is 0 Å². The molecule has 23 heavy (non-hydrogen) atoms. The van der Waals surface area contributed by atoms with Gasteiger partial charge in [0.05, 0.1) is 24.6 Å². The van der Waals surface area contributed by atoms with Crippen LogP contribution in [0.3, 0.4) is 0 Å². The summed E-state index contributed by atoms with van der Waals surface area (Å²) in [6.45, 7) is 6.91. The van der Waals surface area contributed by atoms with E-state index in [4.69, 9.17) is 9.47 Å². The van der Waals surface area contributed by atoms with Crippen molar-refractivity contribution in [3.05, 3.63) is 26.6 Å². The Kier molecular flexibility index (Phi) is 5.86. The number of H-pyrrole nitrogens is 1. The topological polar surface area (TPSA) is 93.3 Å². The molecule has 7 nitrogen and oxygen atoms in total. The summed E-state index contributed by atoms with van der Waals surface area (Å²) in [5.74, 6) is 0.121. The number of esters is 1. The quantitative estimate of drug-likeness (QED) is 0.590. The maximum Gasteiger partial charge on any atom is 0.348 e. The normalized spacial score (nSPS) is 12.5. The lowest BCUT2D eigenvalue weighted by atomic mass is 10.2. The molecular formula is C15H21N3O4S. The first-order valence-corrected chi connectivity index (χ1v) is 8.24. The fourth-order valence-corrected chi connectivity index (χ4v) is 3.31. The minimum Gasteiger partial charge on any atom is -0.462 e. The number of aryl methyl sites for hydroxylation is 1. The molecule has 0 saturated heterocycles. The molecule has 2 aromatic rings. The van der Waals surface area contributed by atoms with Crippen molar-refractivity contribution < 1.29 is 14.3 Å². The van der Waals surface area contributed by atoms with Gasteiger partial charge in [0, 0.05) is 13.7 Å². The Labute approximate surface area is 138 Å². The molecule has 126 valence electrons. The number of methoxy groups -OCH3 is 1. The molecule has 0 spiro atoms. The van der Waals surface area contributed by atoms with E-state index in [0.717, 1.165) is 0 Å². The van der Waals surface area contributed by atoms with E-state index in [1.165, 1.54) is 11.3 Å². The summed E-state index contributed by atoms with van der Waals surface area (Å²) >= 11 is 1.19. The zero-order valence-electron chi connectivity index (χ0n) is 13.7. The van der Waals surface area contributed by atoms with Crippen molar-refractivity contribution in [3.8, 4) is 0 Å². The lowest BCUT2D eigenvalue weighted by Gasteiger charge is -2.12. The molecule has 2 N–H and O–H groups in total. The summed E-state index contributed by atoms with van der Waals surface area (Å²) < 4.78 is 10.0. The fourth-order valence-electron chi connectivity index (χ4n) is 2.23. The van der Waals surface area contributed by atoms with E-state index >= 15 is 0 Å². The Bertz CT molecular complexity index is 753. The molecule has 0 fully saturated rings. The van der Waals surface area contributed by atoms with E-state index in [-0.39, 0.29) is 11.6 Å². The van der Waals surface area contributed by atoms with Crippen LogP contribution in [0.25, 0.3) is 10.2 Å². The first-order valence-electron chi connectivity index (χ1n) is 7.42. The largest absolute Gasteiger partial charge is 0.462 e. The van der Waals surface area contributed by atoms with E-state index in [0.29, 0.717) is 46.2 Å². The van der Waals surface area contributed by atoms with Crippen LogP contribution in [0.1, 0.15) is 40.9 Å². The molecule has 1 unspecified atom stereocenters. The molecule has 0 saturated carbocycles. The van der Waals surface area contributed by atoms with Crippen LogP contribution >= 0.6 is 11.3 Å². The SMILES string of the molecule is CCOC(=O)c1sc2nc(C(C)NCCOC)[nH]c(=O)c2c1C. The van der Waals surface area contributed by atoms with E-state index in [1.807, 2.05) is 6.92 Å². The minimum absolute atomic E-state index is 0.129. The molecule has 0 aliphatic carbocycles. The van der Waals surface area contributed by atoms with Crippen LogP contribution in [-0.4, -0.2) is 42.8 Å². The highest BCUT2D eigenvalue weighted by molar-refractivity contribution is 7.20. The highest BCUT2D eigenvalue weighted by Gasteiger charge is 2.21. The molecule has 0 radical (unpaired) electrons. The average Bonchev–Trinajstić information content (AvgIpc) is 2.85. The molecule has 2 aromatic heterocycles. The van der Waals surface area contributed by atoms with Crippen molar-refractivity contribution in [2.24, 2.45) is 0 Å². The highest BCUT2D eigenvalue weighted by Crippen LogP contribution is 2.28. The molecule has 0 amide bonds. The third-order valence-electron chi connectivity index (χ3n) is 3.45. The number of nitrogens with one attached hydrogen (secondary N) is 2. The predicted molar refractivity (Wildman–Crippen MR) is 89.2 cm³/mol. The number of nitrogens with zero attached hydrogens (tertiary/aromatic N) is 1. The standard InChI is InChI=1S/C15H21N3O4S/c1-5-22-15(20)11-8(2)10-13(19)17-12(18-14(10)23-11)9(3)16-6-7-21-4/h9,16H,5-7H2,1-4H3,(H,17,18,19). The molecule has 8 heteroatoms. The Balaban J connectivity index is 2.38. The van der Waals surface area contributed by atoms with Crippen LogP contribution in [0, 0.1) is 6.92 Å². The number of ether oxygens (including phenoxy) is 2. The second kappa shape index (κ2) is 7.67. The number of carbonyl (C=O) groups is 1. The summed E-state index contributed by atoms with van der Waals surface area (Å²) in [6.07, 6.45) is 0. The zero-order chi connectivity index (χ0) is 17.0. The van der Waals surface area contributed by atoms with E-state index in [1.54, 1.807) is 21.0 Å². The number of aromatic nitrogens is 2. The van der Waals surface area contributed by atoms with Gasteiger partial charge in [0.25, 0.3) is 5.56 Å². The molecule has 0 bridgehead atoms. The molecule has 0 aromatic carbocycles. The first kappa shape index (κ1) is 17.6. The summed E-state index contributed by atoms with van der Waals surface area (Å²) in [5, 5.41) is 3.66. The lowest BCUT2D eigenvalue weighted by Crippen LogP contribution is -2.26. The summed E-state index contributed by atoms with van der Waals surface area (Å²) in [7, 11) is 1.63. The number of aromatic amines is 1. The fraction of sp³-hybridized carbons (Fsp3) is 0.533. The average molecular weight is 339 g/mol. The summed E-state index contributed by atoms with van der Waals surface area (Å²) in [4.78, 5) is 32.6. The van der Waals surface area contributed by atoms with Gasteiger partial charge in [-0.25, -0.2) is 9.78 Å². The van der Waals surface area contributed by atoms with Crippen molar-refractivity contribution in [1.29, 1.82) is 0 Å². The van der Waals surface area contributed by atoms with Crippen LogP contribution in [0.2, 0.25) is 0 Å². The van der Waals surface area contributed by atoms with Crippen molar-refractivity contribution in [3.63, 3.8) is 0 Å². The zero-order valence-corrected chi connectivity index (χ0v) is 14.5. The maximum absolute atomic E-state index is 12.4. The van der Waals surface area contributed by atoms with Crippen molar-refractivity contribution in [1.82, 2.24) is 15.3 Å². The number of rotatable bonds is 7. The molecular weight excluding hydrogens is 318 g/mol. The van der Waals surface area contributed by atoms with Gasteiger partial charge in [0.2, 0.25) is 0 Å². The second-order valence-corrected chi connectivity index (χ2v) is 6.08. The van der Waals surface area contributed by atoms with Gasteiger partial charge in [-0.15, -0.1) is 11.3 Å². The van der Waals surface area contributed by atoms with E-state index in [2.05, 4.69) is 15.3 Å². The van der Waals surface area contributed by atoms with Crippen molar-refractivity contribution in [2.45, 2.75) is 26.8 Å². The lowest BCUT2D eigenvalue weighted by molar-refractivity contribution is 0.0531. The first-order chi connectivity index (χ1) is 11.0. The van der Waals surface area contributed by atoms with Gasteiger partial charge in [0.15, 0.2) is 0 Å². The van der Waals surface area contributed by atoms with Crippen molar-refractivity contribution in [2.75, 3.05) is 26.9 Å². The van der Waals surface area contributed by atoms with Gasteiger partial charge >= 0.3 is 5.97 Å². The van der Waals surface area contributed by atoms with Crippen LogP contribution < -0.4 is 10.9 Å². The Morgan fingerprint density at radius 3 is 2.87 bits per heavy atom. The molecule has 2 heterocycles. The predicted octanol–water partition coefficient (Wildman–Crippen LogP) is 1.77. The van der Waals surface area contributed by atoms with Gasteiger partial charge in [-0.3, -0.25) is 4.79 Å². The van der Waals surface area contributed by atoms with E-state index < -0.39 is 5.97 Å². The second-order valence-electron chi connectivity index (χ2n) is 5.08. The van der Waals surface area contributed by atoms with E-state index in [9.17, 15) is 9.59 Å². The summed E-state index contributed by atoms with van der Waals surface area (Å²) in [5.41, 5.74) is 0.374. The maximum atomic E-state index is 12.4.